The van der Waals surface area contributed by atoms with Crippen molar-refractivity contribution in [2.24, 2.45) is 11.8 Å². The van der Waals surface area contributed by atoms with Gasteiger partial charge < -0.3 is 24.4 Å². The number of cyclic esters (lactones) is 1. The molecule has 7 atom stereocenters. The van der Waals surface area contributed by atoms with Crippen LogP contribution in [0.3, 0.4) is 0 Å². The van der Waals surface area contributed by atoms with Crippen LogP contribution in [0.5, 0.6) is 0 Å². The Hall–Kier alpha value is -2.19. The smallest absolute Gasteiger partial charge is 0.312 e. The molecule has 1 N–H and O–H groups in total. The fourth-order valence-corrected chi connectivity index (χ4v) is 5.84. The molecule has 4 heterocycles. The summed E-state index contributed by atoms with van der Waals surface area (Å²) >= 11 is 0. The molecule has 32 heavy (non-hydrogen) atoms. The zero-order chi connectivity index (χ0) is 23.0. The van der Waals surface area contributed by atoms with E-state index in [4.69, 9.17) is 9.47 Å². The van der Waals surface area contributed by atoms with Crippen molar-refractivity contribution in [2.45, 2.75) is 76.3 Å². The molecule has 4 aliphatic rings. The molecule has 2 fully saturated rings. The molecule has 2 amide bonds. The number of carbonyl (C=O) groups is 3. The van der Waals surface area contributed by atoms with Crippen molar-refractivity contribution in [2.75, 3.05) is 19.8 Å². The van der Waals surface area contributed by atoms with Gasteiger partial charge in [0.25, 0.3) is 0 Å². The van der Waals surface area contributed by atoms with Gasteiger partial charge in [-0.25, -0.2) is 0 Å². The molecule has 0 saturated carbocycles. The van der Waals surface area contributed by atoms with Crippen LogP contribution in [-0.2, 0) is 23.9 Å². The van der Waals surface area contributed by atoms with Crippen LogP contribution in [0, 0.1) is 11.8 Å². The molecule has 0 aliphatic carbocycles. The highest BCUT2D eigenvalue weighted by Crippen LogP contribution is 2.53. The van der Waals surface area contributed by atoms with Crippen LogP contribution in [0.15, 0.2) is 24.3 Å². The Balaban J connectivity index is 1.84. The molecule has 176 valence electrons. The zero-order valence-electron chi connectivity index (χ0n) is 19.1. The average Bonchev–Trinajstić information content (AvgIpc) is 3.14. The van der Waals surface area contributed by atoms with E-state index in [1.807, 2.05) is 38.2 Å². The second-order valence-electron chi connectivity index (χ2n) is 9.25. The number of ether oxygens (including phenoxy) is 2. The van der Waals surface area contributed by atoms with E-state index in [2.05, 4.69) is 6.92 Å². The molecule has 2 unspecified atom stereocenters. The van der Waals surface area contributed by atoms with Gasteiger partial charge in [-0.1, -0.05) is 44.6 Å². The van der Waals surface area contributed by atoms with Gasteiger partial charge in [0.15, 0.2) is 0 Å². The van der Waals surface area contributed by atoms with Crippen LogP contribution < -0.4 is 0 Å². The van der Waals surface area contributed by atoms with Gasteiger partial charge in [-0.2, -0.15) is 0 Å². The highest BCUT2D eigenvalue weighted by Gasteiger charge is 2.72. The summed E-state index contributed by atoms with van der Waals surface area (Å²) in [5.41, 5.74) is -1.26. The minimum absolute atomic E-state index is 0.00236. The Kier molecular flexibility index (Phi) is 6.45. The quantitative estimate of drug-likeness (QED) is 0.490. The van der Waals surface area contributed by atoms with Crippen molar-refractivity contribution in [3.63, 3.8) is 0 Å². The van der Waals surface area contributed by atoms with E-state index in [0.717, 1.165) is 12.8 Å². The van der Waals surface area contributed by atoms with Crippen LogP contribution in [0.2, 0.25) is 0 Å². The molecular weight excluding hydrogens is 412 g/mol. The van der Waals surface area contributed by atoms with E-state index in [0.29, 0.717) is 19.4 Å². The van der Waals surface area contributed by atoms with E-state index in [-0.39, 0.29) is 31.1 Å². The molecule has 0 aromatic rings. The van der Waals surface area contributed by atoms with Gasteiger partial charge in [-0.3, -0.25) is 14.4 Å². The van der Waals surface area contributed by atoms with Crippen LogP contribution in [-0.4, -0.2) is 82.3 Å². The number of carbonyl (C=O) groups excluding carboxylic acids is 3. The fourth-order valence-electron chi connectivity index (χ4n) is 5.84. The van der Waals surface area contributed by atoms with Gasteiger partial charge in [0.2, 0.25) is 11.8 Å². The van der Waals surface area contributed by atoms with Crippen molar-refractivity contribution in [1.82, 2.24) is 9.80 Å². The molecule has 4 aliphatic heterocycles. The monoisotopic (exact) mass is 446 g/mol. The van der Waals surface area contributed by atoms with Crippen molar-refractivity contribution >= 4 is 17.8 Å². The summed E-state index contributed by atoms with van der Waals surface area (Å²) in [5.74, 6) is -2.66. The topological polar surface area (TPSA) is 96.4 Å². The molecule has 2 saturated heterocycles. The summed E-state index contributed by atoms with van der Waals surface area (Å²) in [5, 5.41) is 10.1. The molecule has 0 radical (unpaired) electrons. The largest absolute Gasteiger partial charge is 0.465 e. The number of hydrogen-bond acceptors (Lipinski definition) is 6. The number of amides is 2. The van der Waals surface area contributed by atoms with Crippen LogP contribution in [0.4, 0.5) is 0 Å². The Morgan fingerprint density at radius 2 is 2.00 bits per heavy atom. The molecule has 4 rings (SSSR count). The summed E-state index contributed by atoms with van der Waals surface area (Å²) in [7, 11) is 0. The van der Waals surface area contributed by atoms with E-state index in [9.17, 15) is 19.5 Å². The second-order valence-corrected chi connectivity index (χ2v) is 9.25. The third kappa shape index (κ3) is 3.39. The van der Waals surface area contributed by atoms with Gasteiger partial charge in [-0.05, 0) is 26.2 Å². The first-order chi connectivity index (χ1) is 15.4. The summed E-state index contributed by atoms with van der Waals surface area (Å²) in [6, 6.07) is -1.46. The third-order valence-corrected chi connectivity index (χ3v) is 7.40. The molecule has 0 aromatic heterocycles. The normalized spacial score (nSPS) is 36.1. The predicted molar refractivity (Wildman–Crippen MR) is 116 cm³/mol. The van der Waals surface area contributed by atoms with Gasteiger partial charge in [0, 0.05) is 12.6 Å². The molecule has 8 heteroatoms. The SMILES string of the molecule is CCCC(C)N1CC=C[C@]23O[C@H]4C=CCCOC(=O)[C@H]4[C@H]2C(=O)N([C@@H](CC)CO)C3C1=O. The molecule has 8 nitrogen and oxygen atoms in total. The Morgan fingerprint density at radius 1 is 1.22 bits per heavy atom. The number of aliphatic hydroxyl groups excluding tert-OH is 1. The summed E-state index contributed by atoms with van der Waals surface area (Å²) < 4.78 is 11.9. The first kappa shape index (κ1) is 23.0. The van der Waals surface area contributed by atoms with Crippen LogP contribution in [0.25, 0.3) is 0 Å². The van der Waals surface area contributed by atoms with Crippen LogP contribution >= 0.6 is 0 Å². The maximum absolute atomic E-state index is 14.0. The van der Waals surface area contributed by atoms with E-state index in [1.165, 1.54) is 4.90 Å². The highest BCUT2D eigenvalue weighted by molar-refractivity contribution is 5.99. The number of rotatable bonds is 6. The Morgan fingerprint density at radius 3 is 2.69 bits per heavy atom. The predicted octanol–water partition coefficient (Wildman–Crippen LogP) is 1.43. The fraction of sp³-hybridized carbons (Fsp3) is 0.708. The standard InChI is InChI=1S/C24H34N2O6/c1-4-9-15(3)25-12-8-11-24-19(18-17(32-24)10-6-7-13-31-23(18)30)21(28)26(16(5-2)14-27)20(24)22(25)29/h6,8,10-11,15-20,27H,4-5,7,9,12-14H2,1-3H3/t15?,16-,17-,18+,19-,20?,24-/m0/s1. The number of likely N-dealkylation sites (tertiary alicyclic amines) is 1. The minimum atomic E-state index is -1.26. The number of nitrogens with zero attached hydrogens (tertiary/aromatic N) is 2. The van der Waals surface area contributed by atoms with Crippen molar-refractivity contribution < 1.29 is 29.0 Å². The van der Waals surface area contributed by atoms with Crippen LogP contribution in [0.1, 0.15) is 46.5 Å². The van der Waals surface area contributed by atoms with Gasteiger partial charge >= 0.3 is 5.97 Å². The first-order valence-electron chi connectivity index (χ1n) is 11.8. The summed E-state index contributed by atoms with van der Waals surface area (Å²) in [4.78, 5) is 44.1. The minimum Gasteiger partial charge on any atom is -0.465 e. The number of esters is 1. The average molecular weight is 447 g/mol. The Labute approximate surface area is 189 Å². The van der Waals surface area contributed by atoms with Crippen molar-refractivity contribution in [3.8, 4) is 0 Å². The Bertz CT molecular complexity index is 821. The zero-order valence-corrected chi connectivity index (χ0v) is 19.1. The molecule has 0 bridgehead atoms. The van der Waals surface area contributed by atoms with Gasteiger partial charge in [0.1, 0.15) is 17.6 Å². The first-order valence-corrected chi connectivity index (χ1v) is 11.8. The maximum Gasteiger partial charge on any atom is 0.312 e. The van der Waals surface area contributed by atoms with Gasteiger partial charge in [0.05, 0.1) is 31.3 Å². The number of aliphatic hydroxyl groups is 1. The molecule has 0 aromatic carbocycles. The molecular formula is C24H34N2O6. The number of hydrogen-bond donors (Lipinski definition) is 1. The summed E-state index contributed by atoms with van der Waals surface area (Å²) in [6.07, 6.45) is 9.66. The highest BCUT2D eigenvalue weighted by atomic mass is 16.6. The lowest BCUT2D eigenvalue weighted by Gasteiger charge is -2.39. The lowest BCUT2D eigenvalue weighted by Crippen LogP contribution is -2.59. The third-order valence-electron chi connectivity index (χ3n) is 7.40. The number of fused-ring (bicyclic) bond motifs is 2. The van der Waals surface area contributed by atoms with Crippen molar-refractivity contribution in [1.29, 1.82) is 0 Å². The van der Waals surface area contributed by atoms with E-state index < -0.39 is 41.6 Å². The summed E-state index contributed by atoms with van der Waals surface area (Å²) in [6.45, 7) is 6.37. The van der Waals surface area contributed by atoms with Crippen molar-refractivity contribution in [3.05, 3.63) is 24.3 Å². The lowest BCUT2D eigenvalue weighted by molar-refractivity contribution is -0.157. The van der Waals surface area contributed by atoms with Gasteiger partial charge in [-0.15, -0.1) is 0 Å². The molecule has 1 spiro atoms. The maximum atomic E-state index is 14.0. The van der Waals surface area contributed by atoms with E-state index in [1.54, 1.807) is 4.90 Å². The lowest BCUT2D eigenvalue weighted by atomic mass is 9.77. The van der Waals surface area contributed by atoms with E-state index >= 15 is 0 Å². The second kappa shape index (κ2) is 8.98.